The van der Waals surface area contributed by atoms with E-state index in [1.807, 2.05) is 0 Å². The van der Waals surface area contributed by atoms with E-state index in [-0.39, 0.29) is 12.4 Å². The van der Waals surface area contributed by atoms with Crippen LogP contribution in [-0.4, -0.2) is 13.1 Å². The second-order valence-electron chi connectivity index (χ2n) is 3.18. The minimum absolute atomic E-state index is 0. The Hall–Kier alpha value is 0.250. The molecule has 1 aliphatic carbocycles. The SMILES string of the molecule is CCCNCC1CC1C.Cl. The van der Waals surface area contributed by atoms with Crippen LogP contribution in [0.15, 0.2) is 0 Å². The predicted molar refractivity (Wildman–Crippen MR) is 47.7 cm³/mol. The van der Waals surface area contributed by atoms with Crippen molar-refractivity contribution in [2.24, 2.45) is 11.8 Å². The molecule has 0 heterocycles. The smallest absolute Gasteiger partial charge is 0.00179 e. The van der Waals surface area contributed by atoms with Crippen LogP contribution in [0.25, 0.3) is 0 Å². The van der Waals surface area contributed by atoms with Gasteiger partial charge in [-0.3, -0.25) is 0 Å². The molecule has 2 atom stereocenters. The second kappa shape index (κ2) is 4.97. The molecular formula is C8H18ClN. The zero-order valence-electron chi connectivity index (χ0n) is 6.89. The number of hydrogen-bond acceptors (Lipinski definition) is 1. The standard InChI is InChI=1S/C8H17N.ClH/c1-3-4-9-6-8-5-7(8)2;/h7-9H,3-6H2,1-2H3;1H. The summed E-state index contributed by atoms with van der Waals surface area (Å²) in [6, 6.07) is 0. The summed E-state index contributed by atoms with van der Waals surface area (Å²) in [7, 11) is 0. The van der Waals surface area contributed by atoms with Gasteiger partial charge in [-0.25, -0.2) is 0 Å². The lowest BCUT2D eigenvalue weighted by Gasteiger charge is -1.98. The molecule has 0 aromatic heterocycles. The monoisotopic (exact) mass is 163 g/mol. The summed E-state index contributed by atoms with van der Waals surface area (Å²) in [4.78, 5) is 0. The minimum atomic E-state index is 0. The van der Waals surface area contributed by atoms with Gasteiger partial charge in [0.1, 0.15) is 0 Å². The van der Waals surface area contributed by atoms with Crippen molar-refractivity contribution in [1.29, 1.82) is 0 Å². The first-order chi connectivity index (χ1) is 4.34. The Kier molecular flexibility index (Phi) is 5.10. The Labute approximate surface area is 70.0 Å². The molecule has 10 heavy (non-hydrogen) atoms. The number of halogens is 1. The number of nitrogens with one attached hydrogen (secondary N) is 1. The van der Waals surface area contributed by atoms with Gasteiger partial charge in [0, 0.05) is 0 Å². The number of hydrogen-bond donors (Lipinski definition) is 1. The van der Waals surface area contributed by atoms with Gasteiger partial charge >= 0.3 is 0 Å². The fourth-order valence-electron chi connectivity index (χ4n) is 1.15. The maximum atomic E-state index is 3.43. The summed E-state index contributed by atoms with van der Waals surface area (Å²) in [6.07, 6.45) is 2.72. The predicted octanol–water partition coefficient (Wildman–Crippen LogP) is 2.06. The molecule has 0 amide bonds. The molecule has 0 radical (unpaired) electrons. The summed E-state index contributed by atoms with van der Waals surface area (Å²) >= 11 is 0. The van der Waals surface area contributed by atoms with Crippen LogP contribution in [-0.2, 0) is 0 Å². The van der Waals surface area contributed by atoms with Crippen molar-refractivity contribution in [3.8, 4) is 0 Å². The summed E-state index contributed by atoms with van der Waals surface area (Å²) in [5, 5.41) is 3.43. The maximum absolute atomic E-state index is 3.43. The van der Waals surface area contributed by atoms with Gasteiger partial charge in [-0.1, -0.05) is 13.8 Å². The van der Waals surface area contributed by atoms with E-state index in [4.69, 9.17) is 0 Å². The van der Waals surface area contributed by atoms with Crippen molar-refractivity contribution in [2.75, 3.05) is 13.1 Å². The number of rotatable bonds is 4. The highest BCUT2D eigenvalue weighted by atomic mass is 35.5. The summed E-state index contributed by atoms with van der Waals surface area (Å²) in [5.41, 5.74) is 0. The Morgan fingerprint density at radius 3 is 2.50 bits per heavy atom. The molecule has 1 aliphatic rings. The highest BCUT2D eigenvalue weighted by Gasteiger charge is 2.31. The lowest BCUT2D eigenvalue weighted by atomic mass is 10.3. The first kappa shape index (κ1) is 10.2. The topological polar surface area (TPSA) is 12.0 Å². The summed E-state index contributed by atoms with van der Waals surface area (Å²) in [6.45, 7) is 7.00. The maximum Gasteiger partial charge on any atom is -0.00179 e. The Morgan fingerprint density at radius 2 is 2.10 bits per heavy atom. The van der Waals surface area contributed by atoms with E-state index in [9.17, 15) is 0 Å². The fraction of sp³-hybridized carbons (Fsp3) is 1.00. The third-order valence-corrected chi connectivity index (χ3v) is 2.11. The second-order valence-corrected chi connectivity index (χ2v) is 3.18. The molecule has 0 aliphatic heterocycles. The molecule has 1 saturated carbocycles. The van der Waals surface area contributed by atoms with Gasteiger partial charge in [-0.2, -0.15) is 0 Å². The van der Waals surface area contributed by atoms with E-state index in [0.29, 0.717) is 0 Å². The van der Waals surface area contributed by atoms with E-state index in [1.165, 1.54) is 25.9 Å². The van der Waals surface area contributed by atoms with Crippen LogP contribution in [0.4, 0.5) is 0 Å². The van der Waals surface area contributed by atoms with E-state index in [1.54, 1.807) is 0 Å². The normalized spacial score (nSPS) is 29.4. The van der Waals surface area contributed by atoms with Gasteiger partial charge in [-0.15, -0.1) is 12.4 Å². The van der Waals surface area contributed by atoms with Gasteiger partial charge in [0.05, 0.1) is 0 Å². The molecule has 2 heteroatoms. The van der Waals surface area contributed by atoms with Gasteiger partial charge < -0.3 is 5.32 Å². The molecule has 0 aromatic rings. The Balaban J connectivity index is 0.000000810. The molecule has 2 unspecified atom stereocenters. The van der Waals surface area contributed by atoms with Crippen molar-refractivity contribution in [3.05, 3.63) is 0 Å². The van der Waals surface area contributed by atoms with Crippen LogP contribution in [0.2, 0.25) is 0 Å². The van der Waals surface area contributed by atoms with Gasteiger partial charge in [-0.05, 0) is 37.8 Å². The quantitative estimate of drug-likeness (QED) is 0.626. The third kappa shape index (κ3) is 3.43. The summed E-state index contributed by atoms with van der Waals surface area (Å²) < 4.78 is 0. The highest BCUT2D eigenvalue weighted by molar-refractivity contribution is 5.85. The van der Waals surface area contributed by atoms with Crippen molar-refractivity contribution in [3.63, 3.8) is 0 Å². The highest BCUT2D eigenvalue weighted by Crippen LogP contribution is 2.36. The van der Waals surface area contributed by atoms with E-state index >= 15 is 0 Å². The van der Waals surface area contributed by atoms with E-state index in [0.717, 1.165) is 11.8 Å². The van der Waals surface area contributed by atoms with Crippen molar-refractivity contribution in [2.45, 2.75) is 26.7 Å². The van der Waals surface area contributed by atoms with Crippen LogP contribution < -0.4 is 5.32 Å². The zero-order chi connectivity index (χ0) is 6.69. The first-order valence-corrected chi connectivity index (χ1v) is 4.05. The zero-order valence-corrected chi connectivity index (χ0v) is 7.71. The Morgan fingerprint density at radius 1 is 1.50 bits per heavy atom. The van der Waals surface area contributed by atoms with Crippen molar-refractivity contribution >= 4 is 12.4 Å². The largest absolute Gasteiger partial charge is 0.316 e. The van der Waals surface area contributed by atoms with Crippen molar-refractivity contribution < 1.29 is 0 Å². The molecule has 0 spiro atoms. The van der Waals surface area contributed by atoms with Crippen LogP contribution in [0, 0.1) is 11.8 Å². The minimum Gasteiger partial charge on any atom is -0.316 e. The van der Waals surface area contributed by atoms with E-state index < -0.39 is 0 Å². The van der Waals surface area contributed by atoms with Crippen LogP contribution in [0.1, 0.15) is 26.7 Å². The molecule has 0 aromatic carbocycles. The third-order valence-electron chi connectivity index (χ3n) is 2.11. The van der Waals surface area contributed by atoms with Crippen LogP contribution in [0.5, 0.6) is 0 Å². The molecule has 1 N–H and O–H groups in total. The molecule has 0 saturated heterocycles. The molecular weight excluding hydrogens is 146 g/mol. The Bertz CT molecular complexity index is 85.3. The molecule has 62 valence electrons. The van der Waals surface area contributed by atoms with Gasteiger partial charge in [0.2, 0.25) is 0 Å². The first-order valence-electron chi connectivity index (χ1n) is 4.05. The van der Waals surface area contributed by atoms with Gasteiger partial charge in [0.25, 0.3) is 0 Å². The van der Waals surface area contributed by atoms with Crippen LogP contribution >= 0.6 is 12.4 Å². The lowest BCUT2D eigenvalue weighted by molar-refractivity contribution is 0.606. The molecule has 0 bridgehead atoms. The average molecular weight is 164 g/mol. The average Bonchev–Trinajstić information content (AvgIpc) is 2.48. The van der Waals surface area contributed by atoms with Gasteiger partial charge in [0.15, 0.2) is 0 Å². The van der Waals surface area contributed by atoms with Crippen LogP contribution in [0.3, 0.4) is 0 Å². The molecule has 1 nitrogen and oxygen atoms in total. The molecule has 1 fully saturated rings. The van der Waals surface area contributed by atoms with Crippen molar-refractivity contribution in [1.82, 2.24) is 5.32 Å². The molecule has 1 rings (SSSR count). The van der Waals surface area contributed by atoms with E-state index in [2.05, 4.69) is 19.2 Å². The fourth-order valence-corrected chi connectivity index (χ4v) is 1.15. The lowest BCUT2D eigenvalue weighted by Crippen LogP contribution is -2.17. The summed E-state index contributed by atoms with van der Waals surface area (Å²) in [5.74, 6) is 2.02.